The zero-order valence-electron chi connectivity index (χ0n) is 10.8. The van der Waals surface area contributed by atoms with Gasteiger partial charge in [-0.05, 0) is 58.6 Å². The Morgan fingerprint density at radius 3 is 2.56 bits per heavy atom. The first kappa shape index (κ1) is 13.7. The van der Waals surface area contributed by atoms with Crippen molar-refractivity contribution in [1.82, 2.24) is 10.2 Å². The van der Waals surface area contributed by atoms with Crippen LogP contribution in [0.25, 0.3) is 0 Å². The van der Waals surface area contributed by atoms with Crippen molar-refractivity contribution in [2.24, 2.45) is 0 Å². The SMILES string of the molecule is CCc1ccc(CNCCCCN(C)C)s1. The summed E-state index contributed by atoms with van der Waals surface area (Å²) in [5, 5.41) is 3.50. The van der Waals surface area contributed by atoms with Gasteiger partial charge in [0.25, 0.3) is 0 Å². The predicted molar refractivity (Wildman–Crippen MR) is 73.2 cm³/mol. The van der Waals surface area contributed by atoms with E-state index < -0.39 is 0 Å². The molecule has 0 saturated heterocycles. The maximum absolute atomic E-state index is 3.50. The van der Waals surface area contributed by atoms with Crippen LogP contribution in [0.2, 0.25) is 0 Å². The summed E-state index contributed by atoms with van der Waals surface area (Å²) in [4.78, 5) is 5.20. The Bertz CT molecular complexity index is 281. The molecule has 1 heterocycles. The molecular weight excluding hydrogens is 216 g/mol. The molecule has 1 N–H and O–H groups in total. The molecule has 0 aliphatic rings. The summed E-state index contributed by atoms with van der Waals surface area (Å²) < 4.78 is 0. The molecule has 0 aliphatic carbocycles. The predicted octanol–water partition coefficient (Wildman–Crippen LogP) is 2.74. The second-order valence-electron chi connectivity index (χ2n) is 4.41. The van der Waals surface area contributed by atoms with Crippen molar-refractivity contribution in [3.05, 3.63) is 21.9 Å². The third kappa shape index (κ3) is 5.64. The summed E-state index contributed by atoms with van der Waals surface area (Å²) in [5.74, 6) is 0. The van der Waals surface area contributed by atoms with Gasteiger partial charge in [-0.3, -0.25) is 0 Å². The first-order valence-electron chi connectivity index (χ1n) is 6.15. The van der Waals surface area contributed by atoms with Crippen molar-refractivity contribution in [3.63, 3.8) is 0 Å². The van der Waals surface area contributed by atoms with Crippen molar-refractivity contribution < 1.29 is 0 Å². The van der Waals surface area contributed by atoms with Gasteiger partial charge in [0, 0.05) is 16.3 Å². The molecule has 0 spiro atoms. The molecule has 0 saturated carbocycles. The summed E-state index contributed by atoms with van der Waals surface area (Å²) in [6, 6.07) is 4.49. The lowest BCUT2D eigenvalue weighted by Crippen LogP contribution is -2.17. The fourth-order valence-electron chi connectivity index (χ4n) is 1.60. The van der Waals surface area contributed by atoms with Crippen molar-refractivity contribution >= 4 is 11.3 Å². The lowest BCUT2D eigenvalue weighted by molar-refractivity contribution is 0.392. The van der Waals surface area contributed by atoms with Crippen LogP contribution in [-0.2, 0) is 13.0 Å². The Morgan fingerprint density at radius 2 is 1.94 bits per heavy atom. The van der Waals surface area contributed by atoms with Crippen molar-refractivity contribution in [3.8, 4) is 0 Å². The van der Waals surface area contributed by atoms with Crippen molar-refractivity contribution in [2.45, 2.75) is 32.7 Å². The monoisotopic (exact) mass is 240 g/mol. The largest absolute Gasteiger partial charge is 0.312 e. The quantitative estimate of drug-likeness (QED) is 0.703. The van der Waals surface area contributed by atoms with Gasteiger partial charge in [-0.2, -0.15) is 0 Å². The van der Waals surface area contributed by atoms with E-state index in [0.29, 0.717) is 0 Å². The van der Waals surface area contributed by atoms with Crippen LogP contribution < -0.4 is 5.32 Å². The van der Waals surface area contributed by atoms with Gasteiger partial charge in [0.1, 0.15) is 0 Å². The molecule has 0 aliphatic heterocycles. The minimum atomic E-state index is 1.03. The maximum Gasteiger partial charge on any atom is 0.0299 e. The Balaban J connectivity index is 2.02. The van der Waals surface area contributed by atoms with Crippen LogP contribution in [0, 0.1) is 0 Å². The van der Waals surface area contributed by atoms with Gasteiger partial charge < -0.3 is 10.2 Å². The highest BCUT2D eigenvalue weighted by molar-refractivity contribution is 7.11. The summed E-state index contributed by atoms with van der Waals surface area (Å²) in [7, 11) is 4.26. The maximum atomic E-state index is 3.50. The number of nitrogens with one attached hydrogen (secondary N) is 1. The number of nitrogens with zero attached hydrogens (tertiary/aromatic N) is 1. The van der Waals surface area contributed by atoms with Gasteiger partial charge in [-0.15, -0.1) is 11.3 Å². The summed E-state index contributed by atoms with van der Waals surface area (Å²) in [6.07, 6.45) is 3.71. The van der Waals surface area contributed by atoms with Crippen LogP contribution in [0.5, 0.6) is 0 Å². The molecule has 1 rings (SSSR count). The second kappa shape index (κ2) is 7.82. The van der Waals surface area contributed by atoms with Crippen molar-refractivity contribution in [2.75, 3.05) is 27.2 Å². The molecule has 3 heteroatoms. The molecule has 0 bridgehead atoms. The second-order valence-corrected chi connectivity index (χ2v) is 5.66. The van der Waals surface area contributed by atoms with E-state index in [1.165, 1.54) is 29.1 Å². The molecule has 1 aromatic rings. The van der Waals surface area contributed by atoms with E-state index in [-0.39, 0.29) is 0 Å². The minimum absolute atomic E-state index is 1.03. The average Bonchev–Trinajstić information content (AvgIpc) is 2.70. The van der Waals surface area contributed by atoms with Gasteiger partial charge >= 0.3 is 0 Å². The highest BCUT2D eigenvalue weighted by atomic mass is 32.1. The van der Waals surface area contributed by atoms with Crippen LogP contribution in [0.4, 0.5) is 0 Å². The lowest BCUT2D eigenvalue weighted by Gasteiger charge is -2.08. The Morgan fingerprint density at radius 1 is 1.19 bits per heavy atom. The highest BCUT2D eigenvalue weighted by Gasteiger charge is 1.97. The summed E-state index contributed by atoms with van der Waals surface area (Å²) >= 11 is 1.93. The molecule has 0 fully saturated rings. The zero-order valence-corrected chi connectivity index (χ0v) is 11.6. The topological polar surface area (TPSA) is 15.3 Å². The third-order valence-electron chi connectivity index (χ3n) is 2.57. The van der Waals surface area contributed by atoms with E-state index >= 15 is 0 Å². The number of unbranched alkanes of at least 4 members (excludes halogenated alkanes) is 1. The van der Waals surface area contributed by atoms with Gasteiger partial charge in [0.05, 0.1) is 0 Å². The number of rotatable bonds is 8. The number of aryl methyl sites for hydroxylation is 1. The van der Waals surface area contributed by atoms with Gasteiger partial charge in [-0.25, -0.2) is 0 Å². The van der Waals surface area contributed by atoms with Crippen LogP contribution >= 0.6 is 11.3 Å². The average molecular weight is 240 g/mol. The van der Waals surface area contributed by atoms with Crippen LogP contribution in [0.15, 0.2) is 12.1 Å². The van der Waals surface area contributed by atoms with E-state index in [4.69, 9.17) is 0 Å². The number of thiophene rings is 1. The van der Waals surface area contributed by atoms with Gasteiger partial charge in [-0.1, -0.05) is 6.92 Å². The fourth-order valence-corrected chi connectivity index (χ4v) is 2.52. The molecule has 92 valence electrons. The molecule has 2 nitrogen and oxygen atoms in total. The zero-order chi connectivity index (χ0) is 11.8. The number of hydrogen-bond donors (Lipinski definition) is 1. The first-order chi connectivity index (χ1) is 7.72. The molecule has 16 heavy (non-hydrogen) atoms. The van der Waals surface area contributed by atoms with E-state index in [2.05, 4.69) is 43.4 Å². The molecule has 1 aromatic heterocycles. The summed E-state index contributed by atoms with van der Waals surface area (Å²) in [6.45, 7) is 5.57. The van der Waals surface area contributed by atoms with Crippen LogP contribution in [0.1, 0.15) is 29.5 Å². The number of hydrogen-bond acceptors (Lipinski definition) is 3. The van der Waals surface area contributed by atoms with E-state index in [1.54, 1.807) is 0 Å². The van der Waals surface area contributed by atoms with Crippen molar-refractivity contribution in [1.29, 1.82) is 0 Å². The summed E-state index contributed by atoms with van der Waals surface area (Å²) in [5.41, 5.74) is 0. The first-order valence-corrected chi connectivity index (χ1v) is 6.97. The Labute approximate surface area is 104 Å². The normalized spacial score (nSPS) is 11.2. The Hall–Kier alpha value is -0.380. The minimum Gasteiger partial charge on any atom is -0.312 e. The Kier molecular flexibility index (Phi) is 6.69. The molecule has 0 amide bonds. The van der Waals surface area contributed by atoms with Gasteiger partial charge in [0.15, 0.2) is 0 Å². The third-order valence-corrected chi connectivity index (χ3v) is 3.80. The van der Waals surface area contributed by atoms with E-state index in [9.17, 15) is 0 Å². The molecule has 0 atom stereocenters. The van der Waals surface area contributed by atoms with E-state index in [1.807, 2.05) is 11.3 Å². The highest BCUT2D eigenvalue weighted by Crippen LogP contribution is 2.16. The van der Waals surface area contributed by atoms with Gasteiger partial charge in [0.2, 0.25) is 0 Å². The molecule has 0 aromatic carbocycles. The molecule has 0 radical (unpaired) electrons. The fraction of sp³-hybridized carbons (Fsp3) is 0.692. The van der Waals surface area contributed by atoms with E-state index in [0.717, 1.165) is 19.5 Å². The lowest BCUT2D eigenvalue weighted by atomic mass is 10.3. The standard InChI is InChI=1S/C13H24N2S/c1-4-12-7-8-13(16-12)11-14-9-5-6-10-15(2)3/h7-8,14H,4-6,9-11H2,1-3H3. The van der Waals surface area contributed by atoms with Crippen LogP contribution in [-0.4, -0.2) is 32.1 Å². The van der Waals surface area contributed by atoms with Crippen LogP contribution in [0.3, 0.4) is 0 Å². The smallest absolute Gasteiger partial charge is 0.0299 e. The molecular formula is C13H24N2S. The molecule has 0 unspecified atom stereocenters.